The number of anilines is 1. The summed E-state index contributed by atoms with van der Waals surface area (Å²) >= 11 is 6.40. The van der Waals surface area contributed by atoms with Gasteiger partial charge in [-0.15, -0.1) is 0 Å². The molecule has 3 aliphatic rings. The number of carbonyl (C=O) groups excluding carboxylic acids is 1. The zero-order valence-corrected chi connectivity index (χ0v) is 28.8. The number of aryl methyl sites for hydroxylation is 1. The van der Waals surface area contributed by atoms with Gasteiger partial charge in [-0.2, -0.15) is 13.2 Å². The van der Waals surface area contributed by atoms with Crippen LogP contribution in [0.2, 0.25) is 5.02 Å². The monoisotopic (exact) mass is 698 g/mol. The van der Waals surface area contributed by atoms with Gasteiger partial charge in [-0.05, 0) is 106 Å². The van der Waals surface area contributed by atoms with E-state index in [-0.39, 0.29) is 29.1 Å². The molecule has 5 atom stereocenters. The number of benzene rings is 2. The van der Waals surface area contributed by atoms with E-state index in [1.54, 1.807) is 6.07 Å². The number of hydrogen-bond donors (Lipinski definition) is 3. The molecule has 12 heteroatoms. The van der Waals surface area contributed by atoms with E-state index in [0.29, 0.717) is 24.0 Å². The largest absolute Gasteiger partial charge is 0.490 e. The van der Waals surface area contributed by atoms with Gasteiger partial charge < -0.3 is 19.8 Å². The van der Waals surface area contributed by atoms with Crippen molar-refractivity contribution < 1.29 is 37.1 Å². The Kier molecular flexibility index (Phi) is 12.8. The second-order valence-electron chi connectivity index (χ2n) is 13.0. The highest BCUT2D eigenvalue weighted by Crippen LogP contribution is 2.47. The number of hydrogen-bond acceptors (Lipinski definition) is 6. The first-order valence-electron chi connectivity index (χ1n) is 16.3. The molecular weight excluding hydrogens is 653 g/mol. The average Bonchev–Trinajstić information content (AvgIpc) is 3.17. The molecule has 2 aliphatic carbocycles. The number of ether oxygens (including phenoxy) is 1. The van der Waals surface area contributed by atoms with Gasteiger partial charge in [0.05, 0.1) is 12.3 Å². The minimum atomic E-state index is -4.40. The minimum absolute atomic E-state index is 0.158. The van der Waals surface area contributed by atoms with Crippen LogP contribution in [-0.4, -0.2) is 64.7 Å². The number of carbonyl (C=O) groups is 1. The lowest BCUT2D eigenvalue weighted by molar-refractivity contribution is -0.159. The highest BCUT2D eigenvalue weighted by molar-refractivity contribution is 7.84. The van der Waals surface area contributed by atoms with Crippen LogP contribution in [0.25, 0.3) is 0 Å². The summed E-state index contributed by atoms with van der Waals surface area (Å²) in [5.74, 6) is 1.43. The fraction of sp³-hybridized carbons (Fsp3) is 0.571. The molecule has 0 bridgehead atoms. The molecule has 4 unspecified atom stereocenters. The number of fused-ring (bicyclic) bond motifs is 3. The van der Waals surface area contributed by atoms with Crippen LogP contribution >= 0.6 is 11.6 Å². The summed E-state index contributed by atoms with van der Waals surface area (Å²) in [5, 5.41) is 18.1. The van der Waals surface area contributed by atoms with Crippen LogP contribution in [0.3, 0.4) is 0 Å². The van der Waals surface area contributed by atoms with Gasteiger partial charge >= 0.3 is 6.18 Å². The van der Waals surface area contributed by atoms with E-state index >= 15 is 0 Å². The van der Waals surface area contributed by atoms with Crippen LogP contribution in [0.5, 0.6) is 5.75 Å². The number of amides is 1. The predicted octanol–water partition coefficient (Wildman–Crippen LogP) is 6.76. The lowest BCUT2D eigenvalue weighted by Crippen LogP contribution is -2.49. The third kappa shape index (κ3) is 9.31. The van der Waals surface area contributed by atoms with Crippen molar-refractivity contribution in [3.05, 3.63) is 70.3 Å². The molecule has 7 nitrogen and oxygen atoms in total. The predicted molar refractivity (Wildman–Crippen MR) is 180 cm³/mol. The third-order valence-electron chi connectivity index (χ3n) is 9.41. The van der Waals surface area contributed by atoms with Crippen molar-refractivity contribution in [3.63, 3.8) is 0 Å². The van der Waals surface area contributed by atoms with Crippen molar-refractivity contribution >= 4 is 34.2 Å². The molecule has 47 heavy (non-hydrogen) atoms. The topological polar surface area (TPSA) is 99.1 Å². The number of alkyl halides is 3. The molecule has 3 N–H and O–H groups in total. The van der Waals surface area contributed by atoms with Gasteiger partial charge in [0.25, 0.3) is 5.91 Å². The van der Waals surface area contributed by atoms with Crippen molar-refractivity contribution in [2.45, 2.75) is 76.1 Å². The molecule has 0 radical (unpaired) electrons. The summed E-state index contributed by atoms with van der Waals surface area (Å²) in [6, 6.07) is 11.8. The average molecular weight is 699 g/mol. The van der Waals surface area contributed by atoms with Crippen LogP contribution in [0, 0.1) is 17.8 Å². The first-order chi connectivity index (χ1) is 22.3. The molecule has 1 spiro atoms. The fourth-order valence-corrected chi connectivity index (χ4v) is 7.57. The minimum Gasteiger partial charge on any atom is -0.490 e. The molecule has 1 amide bonds. The smallest absolute Gasteiger partial charge is 0.411 e. The van der Waals surface area contributed by atoms with Crippen LogP contribution in [-0.2, 0) is 22.8 Å². The van der Waals surface area contributed by atoms with Crippen LogP contribution < -0.4 is 14.4 Å². The van der Waals surface area contributed by atoms with Crippen molar-refractivity contribution in [1.29, 1.82) is 0 Å². The number of rotatable bonds is 9. The van der Waals surface area contributed by atoms with Gasteiger partial charge in [0, 0.05) is 46.9 Å². The van der Waals surface area contributed by atoms with Crippen molar-refractivity contribution in [1.82, 2.24) is 4.72 Å². The Morgan fingerprint density at radius 3 is 2.57 bits per heavy atom. The molecule has 0 aromatic heterocycles. The molecule has 260 valence electrons. The maximum absolute atomic E-state index is 13.1. The lowest BCUT2D eigenvalue weighted by atomic mass is 9.66. The maximum Gasteiger partial charge on any atom is 0.411 e. The molecule has 1 fully saturated rings. The normalized spacial score (nSPS) is 23.5. The zero-order chi connectivity index (χ0) is 34.4. The molecule has 2 aromatic rings. The molecule has 1 heterocycles. The van der Waals surface area contributed by atoms with E-state index in [0.717, 1.165) is 68.1 Å². The van der Waals surface area contributed by atoms with Gasteiger partial charge in [0.1, 0.15) is 23.3 Å². The second-order valence-corrected chi connectivity index (χ2v) is 15.2. The summed E-state index contributed by atoms with van der Waals surface area (Å²) in [4.78, 5) is 15.5. The summed E-state index contributed by atoms with van der Waals surface area (Å²) in [6.45, 7) is 6.35. The van der Waals surface area contributed by atoms with Crippen molar-refractivity contribution in [2.75, 3.05) is 37.8 Å². The summed E-state index contributed by atoms with van der Waals surface area (Å²) < 4.78 is 53.2. The Hall–Kier alpha value is -2.60. The number of nitrogens with zero attached hydrogens (tertiary/aromatic N) is 1. The number of aliphatic hydroxyl groups excluding tert-OH is 2. The lowest BCUT2D eigenvalue weighted by Gasteiger charge is -2.46. The summed E-state index contributed by atoms with van der Waals surface area (Å²) in [5.41, 5.74) is 3.78. The number of halogens is 4. The van der Waals surface area contributed by atoms with E-state index in [9.17, 15) is 27.3 Å². The van der Waals surface area contributed by atoms with Gasteiger partial charge in [-0.1, -0.05) is 36.7 Å². The highest BCUT2D eigenvalue weighted by atomic mass is 35.5. The molecule has 0 saturated heterocycles. The van der Waals surface area contributed by atoms with Crippen molar-refractivity contribution in [2.24, 2.45) is 17.8 Å². The molecular formula is C35H46ClF3N2O5S. The standard InChI is InChI=1S/C33H43ClN2O4S.C2H3F3O/c1-4-5-7-26(19-37)28-12-9-25(28)18-36-20-33(15-6-8-23-16-27(34)11-13-29(23)33)21-40-31-14-10-24(17-30(31)36)32(38)35-41(39)22(2)3;3-2(4,5)1-6/h5,7,10-11,13-14,16-17,22,25-26,28,37H,4,6,8-9,12,15,18-21H2,1-3H3,(H,35,38);6H,1H2/b7-5+;/t25?,26?,28?,33-,41?;/m0./s1. The maximum atomic E-state index is 13.1. The summed E-state index contributed by atoms with van der Waals surface area (Å²) in [6.07, 6.45) is 6.22. The van der Waals surface area contributed by atoms with E-state index in [1.165, 1.54) is 11.1 Å². The van der Waals surface area contributed by atoms with Crippen molar-refractivity contribution in [3.8, 4) is 5.75 Å². The second kappa shape index (κ2) is 16.2. The van der Waals surface area contributed by atoms with Gasteiger partial charge in [-0.3, -0.25) is 9.52 Å². The SMILES string of the molecule is CC/C=C/C(CO)C1CCC1CN1C[C@@]2(CCCc3cc(Cl)ccc32)COc2ccc(C(=O)NS(=O)C(C)C)cc21.OCC(F)(F)F. The third-order valence-corrected chi connectivity index (χ3v) is 10.9. The molecule has 1 saturated carbocycles. The molecule has 5 rings (SSSR count). The Morgan fingerprint density at radius 1 is 1.21 bits per heavy atom. The first-order valence-corrected chi connectivity index (χ1v) is 17.9. The van der Waals surface area contributed by atoms with Gasteiger partial charge in [0.15, 0.2) is 0 Å². The zero-order valence-electron chi connectivity index (χ0n) is 27.2. The van der Waals surface area contributed by atoms with E-state index in [4.69, 9.17) is 21.4 Å². The Labute approximate surface area is 283 Å². The summed E-state index contributed by atoms with van der Waals surface area (Å²) in [7, 11) is -1.45. The van der Waals surface area contributed by atoms with E-state index in [1.807, 2.05) is 32.0 Å². The number of allylic oxidation sites excluding steroid dienone is 1. The fourth-order valence-electron chi connectivity index (χ4n) is 6.84. The van der Waals surface area contributed by atoms with Crippen LogP contribution in [0.4, 0.5) is 18.9 Å². The quantitative estimate of drug-likeness (QED) is 0.251. The van der Waals surface area contributed by atoms with E-state index in [2.05, 4.69) is 40.8 Å². The van der Waals surface area contributed by atoms with E-state index < -0.39 is 23.8 Å². The molecule has 1 aliphatic heterocycles. The number of nitrogens with one attached hydrogen (secondary N) is 1. The first kappa shape index (κ1) is 37.2. The van der Waals surface area contributed by atoms with Gasteiger partial charge in [0.2, 0.25) is 0 Å². The molecule has 2 aromatic carbocycles. The number of aliphatic hydroxyl groups is 2. The Morgan fingerprint density at radius 2 is 1.96 bits per heavy atom. The Bertz CT molecular complexity index is 1440. The van der Waals surface area contributed by atoms with Gasteiger partial charge in [-0.25, -0.2) is 4.21 Å². The van der Waals surface area contributed by atoms with Crippen LogP contribution in [0.15, 0.2) is 48.6 Å². The highest BCUT2D eigenvalue weighted by Gasteiger charge is 2.44. The Balaban J connectivity index is 0.000000762. The van der Waals surface area contributed by atoms with Crippen LogP contribution in [0.1, 0.15) is 74.4 Å².